The maximum Gasteiger partial charge on any atom is 0.323 e. The van der Waals surface area contributed by atoms with Crippen molar-refractivity contribution in [3.8, 4) is 0 Å². The van der Waals surface area contributed by atoms with Crippen molar-refractivity contribution in [1.82, 2.24) is 4.90 Å². The Morgan fingerprint density at radius 1 is 1.30 bits per heavy atom. The molecule has 0 saturated carbocycles. The maximum absolute atomic E-state index is 12.1. The standard InChI is InChI=1S/C13H16Cl2N2O3/c1-8(2)6-17(7-11(18)19)13(20)16-12-9(14)4-3-5-10(12)15/h3-5,8H,6-7H2,1-2H3,(H,16,20)(H,18,19). The summed E-state index contributed by atoms with van der Waals surface area (Å²) in [5, 5.41) is 12.0. The molecule has 0 aliphatic rings. The number of para-hydroxylation sites is 1. The second-order valence-electron chi connectivity index (χ2n) is 4.69. The fourth-order valence-electron chi connectivity index (χ4n) is 1.63. The van der Waals surface area contributed by atoms with E-state index in [2.05, 4.69) is 5.32 Å². The molecular weight excluding hydrogens is 303 g/mol. The SMILES string of the molecule is CC(C)CN(CC(=O)O)C(=O)Nc1c(Cl)cccc1Cl. The zero-order valence-electron chi connectivity index (χ0n) is 11.2. The van der Waals surface area contributed by atoms with Gasteiger partial charge in [0.25, 0.3) is 0 Å². The normalized spacial score (nSPS) is 10.4. The van der Waals surface area contributed by atoms with Crippen molar-refractivity contribution >= 4 is 40.9 Å². The summed E-state index contributed by atoms with van der Waals surface area (Å²) >= 11 is 11.9. The van der Waals surface area contributed by atoms with Crippen LogP contribution >= 0.6 is 23.2 Å². The first-order chi connectivity index (χ1) is 9.31. The number of rotatable bonds is 5. The van der Waals surface area contributed by atoms with Crippen molar-refractivity contribution in [2.75, 3.05) is 18.4 Å². The van der Waals surface area contributed by atoms with Crippen molar-refractivity contribution in [2.24, 2.45) is 5.92 Å². The summed E-state index contributed by atoms with van der Waals surface area (Å²) in [4.78, 5) is 24.1. The Morgan fingerprint density at radius 3 is 2.30 bits per heavy atom. The highest BCUT2D eigenvalue weighted by molar-refractivity contribution is 6.39. The maximum atomic E-state index is 12.1. The van der Waals surface area contributed by atoms with E-state index in [9.17, 15) is 9.59 Å². The van der Waals surface area contributed by atoms with Crippen LogP contribution in [-0.4, -0.2) is 35.1 Å². The molecule has 0 saturated heterocycles. The van der Waals surface area contributed by atoms with Crippen LogP contribution in [0, 0.1) is 5.92 Å². The van der Waals surface area contributed by atoms with Crippen molar-refractivity contribution in [1.29, 1.82) is 0 Å². The van der Waals surface area contributed by atoms with Gasteiger partial charge < -0.3 is 15.3 Å². The Labute approximate surface area is 127 Å². The van der Waals surface area contributed by atoms with Crippen LogP contribution in [0.15, 0.2) is 18.2 Å². The zero-order valence-corrected chi connectivity index (χ0v) is 12.7. The predicted molar refractivity (Wildman–Crippen MR) is 79.5 cm³/mol. The highest BCUT2D eigenvalue weighted by Crippen LogP contribution is 2.30. The molecule has 1 aromatic carbocycles. The number of carboxylic acid groups (broad SMARTS) is 1. The van der Waals surface area contributed by atoms with Crippen LogP contribution in [0.25, 0.3) is 0 Å². The molecule has 0 bridgehead atoms. The van der Waals surface area contributed by atoms with Gasteiger partial charge in [0.05, 0.1) is 15.7 Å². The Morgan fingerprint density at radius 2 is 1.85 bits per heavy atom. The first-order valence-electron chi connectivity index (χ1n) is 6.03. The summed E-state index contributed by atoms with van der Waals surface area (Å²) in [5.74, 6) is -0.937. The van der Waals surface area contributed by atoms with E-state index < -0.39 is 12.0 Å². The van der Waals surface area contributed by atoms with E-state index in [-0.39, 0.29) is 18.2 Å². The van der Waals surface area contributed by atoms with E-state index in [0.29, 0.717) is 16.6 Å². The van der Waals surface area contributed by atoms with Crippen LogP contribution < -0.4 is 5.32 Å². The molecule has 20 heavy (non-hydrogen) atoms. The third-order valence-electron chi connectivity index (χ3n) is 2.39. The number of benzene rings is 1. The molecule has 0 aromatic heterocycles. The van der Waals surface area contributed by atoms with Gasteiger partial charge in [-0.05, 0) is 18.1 Å². The number of anilines is 1. The van der Waals surface area contributed by atoms with Crippen molar-refractivity contribution in [3.05, 3.63) is 28.2 Å². The van der Waals surface area contributed by atoms with Gasteiger partial charge in [-0.2, -0.15) is 0 Å². The third kappa shape index (κ3) is 4.90. The molecule has 1 aromatic rings. The second kappa shape index (κ2) is 7.36. The highest BCUT2D eigenvalue weighted by atomic mass is 35.5. The fraction of sp³-hybridized carbons (Fsp3) is 0.385. The van der Waals surface area contributed by atoms with Crippen molar-refractivity contribution < 1.29 is 14.7 Å². The largest absolute Gasteiger partial charge is 0.480 e. The molecule has 7 heteroatoms. The van der Waals surface area contributed by atoms with Gasteiger partial charge in [0.15, 0.2) is 0 Å². The van der Waals surface area contributed by atoms with Gasteiger partial charge in [-0.1, -0.05) is 43.1 Å². The number of aliphatic carboxylic acids is 1. The summed E-state index contributed by atoms with van der Waals surface area (Å²) in [7, 11) is 0. The average molecular weight is 319 g/mol. The number of carbonyl (C=O) groups is 2. The molecule has 2 N–H and O–H groups in total. The number of hydrogen-bond acceptors (Lipinski definition) is 2. The highest BCUT2D eigenvalue weighted by Gasteiger charge is 2.19. The van der Waals surface area contributed by atoms with Crippen LogP contribution in [0.5, 0.6) is 0 Å². The van der Waals surface area contributed by atoms with E-state index in [1.807, 2.05) is 13.8 Å². The van der Waals surface area contributed by atoms with Crippen LogP contribution in [0.2, 0.25) is 10.0 Å². The molecular formula is C13H16Cl2N2O3. The minimum atomic E-state index is -1.08. The molecule has 2 amide bonds. The fourth-order valence-corrected chi connectivity index (χ4v) is 2.12. The van der Waals surface area contributed by atoms with E-state index in [1.54, 1.807) is 18.2 Å². The summed E-state index contributed by atoms with van der Waals surface area (Å²) in [6, 6.07) is 4.29. The van der Waals surface area contributed by atoms with Gasteiger partial charge in [0.2, 0.25) is 0 Å². The van der Waals surface area contributed by atoms with Gasteiger partial charge >= 0.3 is 12.0 Å². The molecule has 0 spiro atoms. The number of amides is 2. The first-order valence-corrected chi connectivity index (χ1v) is 6.78. The average Bonchev–Trinajstić information content (AvgIpc) is 2.31. The molecule has 0 radical (unpaired) electrons. The number of carbonyl (C=O) groups excluding carboxylic acids is 1. The summed E-state index contributed by atoms with van der Waals surface area (Å²) in [6.07, 6.45) is 0. The van der Waals surface area contributed by atoms with Crippen LogP contribution in [0.4, 0.5) is 10.5 Å². The van der Waals surface area contributed by atoms with Gasteiger partial charge in [-0.3, -0.25) is 4.79 Å². The smallest absolute Gasteiger partial charge is 0.323 e. The Bertz CT molecular complexity index is 486. The van der Waals surface area contributed by atoms with Gasteiger partial charge in [0.1, 0.15) is 6.54 Å². The molecule has 0 unspecified atom stereocenters. The quantitative estimate of drug-likeness (QED) is 0.872. The van der Waals surface area contributed by atoms with E-state index in [1.165, 1.54) is 4.90 Å². The number of halogens is 2. The van der Waals surface area contributed by atoms with Gasteiger partial charge in [-0.25, -0.2) is 4.79 Å². The van der Waals surface area contributed by atoms with Crippen LogP contribution in [0.3, 0.4) is 0 Å². The molecule has 0 atom stereocenters. The molecule has 0 fully saturated rings. The van der Waals surface area contributed by atoms with Crippen LogP contribution in [0.1, 0.15) is 13.8 Å². The number of carboxylic acids is 1. The molecule has 110 valence electrons. The zero-order chi connectivity index (χ0) is 15.3. The summed E-state index contributed by atoms with van der Waals surface area (Å²) < 4.78 is 0. The van der Waals surface area contributed by atoms with E-state index >= 15 is 0 Å². The lowest BCUT2D eigenvalue weighted by Crippen LogP contribution is -2.41. The molecule has 0 aliphatic carbocycles. The van der Waals surface area contributed by atoms with Gasteiger partial charge in [-0.15, -0.1) is 0 Å². The first kappa shape index (κ1) is 16.6. The van der Waals surface area contributed by atoms with E-state index in [0.717, 1.165) is 0 Å². The lowest BCUT2D eigenvalue weighted by Gasteiger charge is -2.23. The number of nitrogens with zero attached hydrogens (tertiary/aromatic N) is 1. The monoisotopic (exact) mass is 318 g/mol. The minimum absolute atomic E-state index is 0.141. The minimum Gasteiger partial charge on any atom is -0.480 e. The molecule has 0 heterocycles. The number of urea groups is 1. The Hall–Kier alpha value is -1.46. The van der Waals surface area contributed by atoms with Gasteiger partial charge in [0, 0.05) is 6.54 Å². The van der Waals surface area contributed by atoms with Crippen LogP contribution in [-0.2, 0) is 4.79 Å². The Balaban J connectivity index is 2.87. The lowest BCUT2D eigenvalue weighted by molar-refractivity contribution is -0.137. The Kier molecular flexibility index (Phi) is 6.10. The van der Waals surface area contributed by atoms with E-state index in [4.69, 9.17) is 28.3 Å². The molecule has 1 rings (SSSR count). The van der Waals surface area contributed by atoms with Crippen molar-refractivity contribution in [3.63, 3.8) is 0 Å². The van der Waals surface area contributed by atoms with Crippen molar-refractivity contribution in [2.45, 2.75) is 13.8 Å². The lowest BCUT2D eigenvalue weighted by atomic mass is 10.2. The second-order valence-corrected chi connectivity index (χ2v) is 5.51. The molecule has 5 nitrogen and oxygen atoms in total. The third-order valence-corrected chi connectivity index (χ3v) is 3.02. The predicted octanol–water partition coefficient (Wildman–Crippen LogP) is 3.57. The summed E-state index contributed by atoms with van der Waals surface area (Å²) in [6.45, 7) is 3.72. The topological polar surface area (TPSA) is 69.6 Å². The summed E-state index contributed by atoms with van der Waals surface area (Å²) in [5.41, 5.74) is 0.278. The number of hydrogen-bond donors (Lipinski definition) is 2. The number of nitrogens with one attached hydrogen (secondary N) is 1. The molecule has 0 aliphatic heterocycles.